The largest absolute Gasteiger partial charge is 0.455 e. The van der Waals surface area contributed by atoms with Gasteiger partial charge in [0.1, 0.15) is 11.2 Å². The first-order valence-corrected chi connectivity index (χ1v) is 50.4. The van der Waals surface area contributed by atoms with Crippen molar-refractivity contribution in [3.8, 4) is 106 Å². The Morgan fingerprint density at radius 1 is 0.178 bits per heavy atom. The van der Waals surface area contributed by atoms with Crippen LogP contribution in [-0.4, -0.2) is 4.57 Å². The van der Waals surface area contributed by atoms with Gasteiger partial charge in [-0.2, -0.15) is 0 Å². The van der Waals surface area contributed by atoms with Crippen molar-refractivity contribution in [1.29, 1.82) is 0 Å². The average molecular weight is 1860 g/mol. The van der Waals surface area contributed by atoms with Crippen LogP contribution in [0.25, 0.3) is 150 Å². The van der Waals surface area contributed by atoms with Crippen molar-refractivity contribution in [2.75, 3.05) is 19.6 Å². The van der Waals surface area contributed by atoms with E-state index in [0.29, 0.717) is 0 Å². The lowest BCUT2D eigenvalue weighted by atomic mass is 9.64. The first kappa shape index (κ1) is 83.8. The first-order valence-electron chi connectivity index (χ1n) is 50.4. The summed E-state index contributed by atoms with van der Waals surface area (Å²) in [6, 6.07) is 205. The molecule has 0 saturated carbocycles. The summed E-state index contributed by atoms with van der Waals surface area (Å²) in [5.41, 5.74) is 47.1. The Morgan fingerprint density at radius 2 is 0.514 bits per heavy atom. The average Bonchev–Trinajstić information content (AvgIpc) is 1.50. The smallest absolute Gasteiger partial charge is 0.143 e. The highest BCUT2D eigenvalue weighted by atomic mass is 16.3. The fourth-order valence-corrected chi connectivity index (χ4v) is 25.2. The summed E-state index contributed by atoms with van der Waals surface area (Å²) >= 11 is 0. The summed E-state index contributed by atoms with van der Waals surface area (Å²) in [5, 5.41) is 4.56. The summed E-state index contributed by atoms with van der Waals surface area (Å²) in [5.74, 6) is 0. The van der Waals surface area contributed by atoms with Crippen LogP contribution in [0.15, 0.2) is 556 Å². The van der Waals surface area contributed by atoms with Crippen LogP contribution in [-0.2, 0) is 10.8 Å². The minimum atomic E-state index is -0.763. The number of rotatable bonds is 16. The van der Waals surface area contributed by atoms with Crippen LogP contribution < -0.4 is 19.6 Å². The minimum Gasteiger partial charge on any atom is -0.455 e. The highest BCUT2D eigenvalue weighted by molar-refractivity contribution is 6.14. The molecular formula is C140H91N5O. The van der Waals surface area contributed by atoms with E-state index in [1.165, 1.54) is 94.1 Å². The maximum Gasteiger partial charge on any atom is 0.143 e. The van der Waals surface area contributed by atoms with E-state index < -0.39 is 10.8 Å². The van der Waals surface area contributed by atoms with E-state index in [-0.39, 0.29) is 0 Å². The van der Waals surface area contributed by atoms with Crippen molar-refractivity contribution in [2.45, 2.75) is 10.8 Å². The van der Waals surface area contributed by atoms with Gasteiger partial charge in [-0.25, -0.2) is 0 Å². The van der Waals surface area contributed by atoms with Gasteiger partial charge in [0.15, 0.2) is 0 Å². The summed E-state index contributed by atoms with van der Waals surface area (Å²) in [7, 11) is 0. The highest BCUT2D eigenvalue weighted by Crippen LogP contribution is 2.69. The lowest BCUT2D eigenvalue weighted by Crippen LogP contribution is -2.36. The normalized spacial score (nSPS) is 13.0. The van der Waals surface area contributed by atoms with Crippen molar-refractivity contribution in [3.63, 3.8) is 0 Å². The number of anilines is 12. The number of aromatic nitrogens is 1. The van der Waals surface area contributed by atoms with Gasteiger partial charge in [-0.05, 0) is 250 Å². The Balaban J connectivity index is 0.537. The molecule has 29 rings (SSSR count). The fourth-order valence-electron chi connectivity index (χ4n) is 25.2. The zero-order chi connectivity index (χ0) is 96.1. The summed E-state index contributed by atoms with van der Waals surface area (Å²) < 4.78 is 9.61. The van der Waals surface area contributed by atoms with Crippen LogP contribution in [0.3, 0.4) is 0 Å². The van der Waals surface area contributed by atoms with E-state index in [2.05, 4.69) is 576 Å². The van der Waals surface area contributed by atoms with Gasteiger partial charge in [-0.3, -0.25) is 0 Å². The molecule has 2 aliphatic heterocycles. The van der Waals surface area contributed by atoms with Gasteiger partial charge in [0.05, 0.1) is 67.4 Å². The summed E-state index contributed by atoms with van der Waals surface area (Å²) in [6.07, 6.45) is 0. The molecular weight excluding hydrogens is 1770 g/mol. The first-order chi connectivity index (χ1) is 72.5. The van der Waals surface area contributed by atoms with E-state index in [9.17, 15) is 0 Å². The number of fused-ring (bicyclic) bond motifs is 24. The van der Waals surface area contributed by atoms with Crippen molar-refractivity contribution < 1.29 is 4.42 Å². The van der Waals surface area contributed by atoms with Crippen LogP contribution >= 0.6 is 0 Å². The number of hydrogen-bond donors (Lipinski definition) is 0. The maximum absolute atomic E-state index is 7.21. The predicted molar refractivity (Wildman–Crippen MR) is 607 cm³/mol. The molecule has 23 aromatic carbocycles. The van der Waals surface area contributed by atoms with E-state index >= 15 is 0 Å². The molecule has 4 heterocycles. The van der Waals surface area contributed by atoms with Gasteiger partial charge in [0, 0.05) is 77.8 Å². The molecule has 6 nitrogen and oxygen atoms in total. The molecule has 0 unspecified atom stereocenters. The predicted octanol–water partition coefficient (Wildman–Crippen LogP) is 37.6. The number of benzene rings is 23. The number of para-hydroxylation sites is 10. The van der Waals surface area contributed by atoms with Crippen molar-refractivity contribution >= 4 is 112 Å². The molecule has 25 aromatic rings. The van der Waals surface area contributed by atoms with Crippen LogP contribution in [0.4, 0.5) is 68.2 Å². The monoisotopic (exact) mass is 1860 g/mol. The van der Waals surface area contributed by atoms with Crippen LogP contribution in [0.1, 0.15) is 44.5 Å². The Hall–Kier alpha value is -19.1. The Morgan fingerprint density at radius 3 is 1.04 bits per heavy atom. The molecule has 0 atom stereocenters. The molecule has 682 valence electrons. The number of furan rings is 1. The lowest BCUT2D eigenvalue weighted by molar-refractivity contribution is 0.670. The van der Waals surface area contributed by atoms with Gasteiger partial charge in [-0.15, -0.1) is 0 Å². The molecule has 2 aromatic heterocycles. The SMILES string of the molecule is c1ccc(-c2ccccc2-c2ccccc2N(c2ccc(-c3cccc4c3oc3ccc(-c5cccc(N6c7ccccc7C7(c8ccccc8-c8c(N(c9ccc(-c%10ccc%11c%12ccccc%12n(-c%12ccccc%12)c%11c%10)cc9)c9ccccc9-c9ccccc9-c9ccccc9)cccc87)c7ccccc76)c5)cc34)cc2)c2cccc3c2-c2ccccc2C32c3ccccc3N(c3ccccc3)c3ccccc32)cc1. The topological polar surface area (TPSA) is 31.0 Å². The summed E-state index contributed by atoms with van der Waals surface area (Å²) in [4.78, 5) is 10.1. The van der Waals surface area contributed by atoms with Crippen LogP contribution in [0.5, 0.6) is 0 Å². The molecule has 0 saturated heterocycles. The Kier molecular flexibility index (Phi) is 19.4. The van der Waals surface area contributed by atoms with Crippen molar-refractivity contribution in [3.05, 3.63) is 597 Å². The van der Waals surface area contributed by atoms with Gasteiger partial charge in [0.25, 0.3) is 0 Å². The van der Waals surface area contributed by atoms with Crippen LogP contribution in [0, 0.1) is 0 Å². The third kappa shape index (κ3) is 12.7. The second-order valence-corrected chi connectivity index (χ2v) is 38.7. The summed E-state index contributed by atoms with van der Waals surface area (Å²) in [6.45, 7) is 0. The zero-order valence-electron chi connectivity index (χ0n) is 79.7. The molecule has 0 amide bonds. The maximum atomic E-state index is 7.21. The molecule has 0 bridgehead atoms. The van der Waals surface area contributed by atoms with Gasteiger partial charge < -0.3 is 28.6 Å². The molecule has 2 spiro atoms. The Labute approximate surface area is 847 Å². The van der Waals surface area contributed by atoms with Crippen LogP contribution in [0.2, 0.25) is 0 Å². The van der Waals surface area contributed by atoms with Gasteiger partial charge in [-0.1, -0.05) is 419 Å². The van der Waals surface area contributed by atoms with Crippen molar-refractivity contribution in [2.24, 2.45) is 0 Å². The van der Waals surface area contributed by atoms with Crippen molar-refractivity contribution in [1.82, 2.24) is 4.57 Å². The Bertz CT molecular complexity index is 9440. The van der Waals surface area contributed by atoms with E-state index in [0.717, 1.165) is 168 Å². The third-order valence-electron chi connectivity index (χ3n) is 31.2. The van der Waals surface area contributed by atoms with E-state index in [1.54, 1.807) is 0 Å². The fraction of sp³-hybridized carbons (Fsp3) is 0.0143. The zero-order valence-corrected chi connectivity index (χ0v) is 79.7. The molecule has 146 heavy (non-hydrogen) atoms. The molecule has 0 radical (unpaired) electrons. The minimum absolute atomic E-state index is 0.681. The van der Waals surface area contributed by atoms with Gasteiger partial charge >= 0.3 is 0 Å². The van der Waals surface area contributed by atoms with E-state index in [1.807, 2.05) is 0 Å². The molecule has 0 N–H and O–H groups in total. The number of hydrogen-bond acceptors (Lipinski definition) is 5. The molecule has 6 heteroatoms. The molecule has 4 aliphatic rings. The third-order valence-corrected chi connectivity index (χ3v) is 31.2. The van der Waals surface area contributed by atoms with E-state index in [4.69, 9.17) is 4.42 Å². The van der Waals surface area contributed by atoms with Gasteiger partial charge in [0.2, 0.25) is 0 Å². The molecule has 2 aliphatic carbocycles. The standard InChI is InChI=1S/C140H91N5O/c1-5-39-93(40-6-1)104-49-13-15-51-107(104)109-53-19-28-68-125(109)141(101-83-77-92(78-84-101)98-81-87-112-111-55-21-30-70-127(111)143(134(112)91-98)99-44-9-3-10-45-99)132-75-38-67-124-137(132)115-57-18-23-61-118(115)140(124)121-64-26-33-73-130(121)145(131-74-34-27-65-122(131)140)103-48-35-43-96(89-103)97-82-88-135-116(90-97)113-59-36-58-106(138(113)146-135)95-79-85-102(86-80-95)142(126-69-29-20-54-110(126)108-52-16-14-50-105(108)94-41-7-2-8-42-94)133-76-37-66-123-136(133)114-56-17-22-60-117(114)139(123)119-62-24-31-71-128(119)144(100-46-11-4-12-47-100)129-72-32-25-63-120(129)139/h1-91H. The second-order valence-electron chi connectivity index (χ2n) is 38.7. The quantitative estimate of drug-likeness (QED) is 0.0962. The second kappa shape index (κ2) is 33.8. The highest BCUT2D eigenvalue weighted by Gasteiger charge is 2.55. The molecule has 0 fully saturated rings. The lowest BCUT2D eigenvalue weighted by Gasteiger charge is -2.45. The number of nitrogens with zero attached hydrogens (tertiary/aromatic N) is 5.